The Bertz CT molecular complexity index is 611. The van der Waals surface area contributed by atoms with Crippen LogP contribution in [0.4, 0.5) is 5.69 Å². The fourth-order valence-electron chi connectivity index (χ4n) is 1.69. The van der Waals surface area contributed by atoms with E-state index in [9.17, 15) is 9.90 Å². The molecule has 0 unspecified atom stereocenters. The van der Waals surface area contributed by atoms with Crippen LogP contribution in [0.5, 0.6) is 11.5 Å². The monoisotopic (exact) mass is 291 g/mol. The Kier molecular flexibility index (Phi) is 4.48. The number of phenols is 1. The first kappa shape index (κ1) is 14.2. The lowest BCUT2D eigenvalue weighted by Gasteiger charge is -2.08. The molecule has 2 rings (SSSR count). The summed E-state index contributed by atoms with van der Waals surface area (Å²) in [4.78, 5) is 12.1. The van der Waals surface area contributed by atoms with E-state index in [0.717, 1.165) is 5.75 Å². The number of carbonyl (C=O) groups excluding carboxylic acids is 1. The number of nitrogens with one attached hydrogen (secondary N) is 1. The van der Waals surface area contributed by atoms with Crippen LogP contribution in [0.1, 0.15) is 17.3 Å². The third-order valence-corrected chi connectivity index (χ3v) is 2.95. The first-order valence-electron chi connectivity index (χ1n) is 6.13. The first-order chi connectivity index (χ1) is 9.60. The molecule has 0 fully saturated rings. The number of phenolic OH excluding ortho intramolecular Hbond substituents is 1. The number of anilines is 1. The molecule has 0 spiro atoms. The van der Waals surface area contributed by atoms with E-state index in [0.29, 0.717) is 12.3 Å². The molecule has 2 N–H and O–H groups in total. The normalized spacial score (nSPS) is 10.1. The summed E-state index contributed by atoms with van der Waals surface area (Å²) in [6.07, 6.45) is 0. The van der Waals surface area contributed by atoms with Gasteiger partial charge in [0.15, 0.2) is 0 Å². The van der Waals surface area contributed by atoms with Gasteiger partial charge < -0.3 is 15.2 Å². The summed E-state index contributed by atoms with van der Waals surface area (Å²) >= 11 is 5.93. The number of carbonyl (C=O) groups is 1. The number of halogens is 1. The summed E-state index contributed by atoms with van der Waals surface area (Å²) in [6.45, 7) is 2.49. The number of hydrogen-bond donors (Lipinski definition) is 2. The SMILES string of the molecule is CCOc1ccc(NC(=O)c2cc(O)ccc2Cl)cc1. The van der Waals surface area contributed by atoms with Gasteiger partial charge in [0.25, 0.3) is 5.91 Å². The minimum atomic E-state index is -0.380. The highest BCUT2D eigenvalue weighted by Crippen LogP contribution is 2.23. The molecular formula is C15H14ClNO3. The van der Waals surface area contributed by atoms with Gasteiger partial charge in [-0.1, -0.05) is 11.6 Å². The van der Waals surface area contributed by atoms with Crippen LogP contribution in [0.15, 0.2) is 42.5 Å². The zero-order chi connectivity index (χ0) is 14.5. The van der Waals surface area contributed by atoms with E-state index < -0.39 is 0 Å². The molecule has 5 heteroatoms. The van der Waals surface area contributed by atoms with Crippen LogP contribution in [0.2, 0.25) is 5.02 Å². The Morgan fingerprint density at radius 1 is 1.25 bits per heavy atom. The van der Waals surface area contributed by atoms with Crippen LogP contribution in [0.25, 0.3) is 0 Å². The van der Waals surface area contributed by atoms with Crippen molar-refractivity contribution >= 4 is 23.2 Å². The van der Waals surface area contributed by atoms with Gasteiger partial charge in [0.05, 0.1) is 17.2 Å². The maximum Gasteiger partial charge on any atom is 0.257 e. The summed E-state index contributed by atoms with van der Waals surface area (Å²) in [7, 11) is 0. The van der Waals surface area contributed by atoms with E-state index >= 15 is 0 Å². The first-order valence-corrected chi connectivity index (χ1v) is 6.50. The highest BCUT2D eigenvalue weighted by Gasteiger charge is 2.11. The standard InChI is InChI=1S/C15H14ClNO3/c1-2-20-12-6-3-10(4-7-12)17-15(19)13-9-11(18)5-8-14(13)16/h3-9,18H,2H2,1H3,(H,17,19). The smallest absolute Gasteiger partial charge is 0.257 e. The Morgan fingerprint density at radius 2 is 1.95 bits per heavy atom. The topological polar surface area (TPSA) is 58.6 Å². The second-order valence-electron chi connectivity index (χ2n) is 4.08. The highest BCUT2D eigenvalue weighted by atomic mass is 35.5. The average Bonchev–Trinajstić information content (AvgIpc) is 2.44. The van der Waals surface area contributed by atoms with E-state index in [1.54, 1.807) is 24.3 Å². The number of benzene rings is 2. The number of ether oxygens (including phenoxy) is 1. The van der Waals surface area contributed by atoms with Crippen LogP contribution in [0.3, 0.4) is 0 Å². The predicted octanol–water partition coefficient (Wildman–Crippen LogP) is 3.70. The lowest BCUT2D eigenvalue weighted by molar-refractivity contribution is 0.102. The van der Waals surface area contributed by atoms with Gasteiger partial charge in [-0.25, -0.2) is 0 Å². The molecule has 1 amide bonds. The van der Waals surface area contributed by atoms with Gasteiger partial charge >= 0.3 is 0 Å². The van der Waals surface area contributed by atoms with Crippen molar-refractivity contribution in [3.63, 3.8) is 0 Å². The van der Waals surface area contributed by atoms with Gasteiger partial charge in [0.2, 0.25) is 0 Å². The molecule has 104 valence electrons. The Morgan fingerprint density at radius 3 is 2.60 bits per heavy atom. The van der Waals surface area contributed by atoms with Crippen LogP contribution in [0, 0.1) is 0 Å². The molecule has 2 aromatic carbocycles. The quantitative estimate of drug-likeness (QED) is 0.903. The van der Waals surface area contributed by atoms with Crippen molar-refractivity contribution in [3.8, 4) is 11.5 Å². The molecule has 0 saturated carbocycles. The van der Waals surface area contributed by atoms with Gasteiger partial charge in [-0.2, -0.15) is 0 Å². The summed E-state index contributed by atoms with van der Waals surface area (Å²) in [5.41, 5.74) is 0.846. The van der Waals surface area contributed by atoms with Crippen molar-refractivity contribution in [2.45, 2.75) is 6.92 Å². The fraction of sp³-hybridized carbons (Fsp3) is 0.133. The molecule has 4 nitrogen and oxygen atoms in total. The van der Waals surface area contributed by atoms with Gasteiger partial charge in [0, 0.05) is 5.69 Å². The maximum absolute atomic E-state index is 12.1. The molecule has 0 aliphatic carbocycles. The lowest BCUT2D eigenvalue weighted by atomic mass is 10.2. The van der Waals surface area contributed by atoms with Crippen LogP contribution in [-0.2, 0) is 0 Å². The minimum absolute atomic E-state index is 0.00811. The number of aromatic hydroxyl groups is 1. The Hall–Kier alpha value is -2.20. The van der Waals surface area contributed by atoms with E-state index in [4.69, 9.17) is 16.3 Å². The van der Waals surface area contributed by atoms with Crippen LogP contribution < -0.4 is 10.1 Å². The molecule has 0 heterocycles. The summed E-state index contributed by atoms with van der Waals surface area (Å²) in [5, 5.41) is 12.4. The van der Waals surface area contributed by atoms with E-state index in [-0.39, 0.29) is 22.2 Å². The zero-order valence-corrected chi connectivity index (χ0v) is 11.6. The van der Waals surface area contributed by atoms with E-state index in [1.807, 2.05) is 6.92 Å². The summed E-state index contributed by atoms with van der Waals surface area (Å²) < 4.78 is 5.32. The van der Waals surface area contributed by atoms with Gasteiger partial charge in [-0.05, 0) is 49.4 Å². The highest BCUT2D eigenvalue weighted by molar-refractivity contribution is 6.34. The minimum Gasteiger partial charge on any atom is -0.508 e. The molecule has 20 heavy (non-hydrogen) atoms. The van der Waals surface area contributed by atoms with E-state index in [2.05, 4.69) is 5.32 Å². The van der Waals surface area contributed by atoms with E-state index in [1.165, 1.54) is 18.2 Å². The summed E-state index contributed by atoms with van der Waals surface area (Å²) in [5.74, 6) is 0.349. The molecule has 0 saturated heterocycles. The second kappa shape index (κ2) is 6.30. The fourth-order valence-corrected chi connectivity index (χ4v) is 1.89. The van der Waals surface area contributed by atoms with Crippen molar-refractivity contribution in [2.24, 2.45) is 0 Å². The number of amides is 1. The molecular weight excluding hydrogens is 278 g/mol. The molecule has 0 aliphatic heterocycles. The van der Waals surface area contributed by atoms with Crippen LogP contribution in [-0.4, -0.2) is 17.6 Å². The number of hydrogen-bond acceptors (Lipinski definition) is 3. The molecule has 0 aliphatic rings. The van der Waals surface area contributed by atoms with Gasteiger partial charge in [-0.15, -0.1) is 0 Å². The Balaban J connectivity index is 2.13. The molecule has 0 radical (unpaired) electrons. The van der Waals surface area contributed by atoms with Crippen molar-refractivity contribution in [3.05, 3.63) is 53.1 Å². The lowest BCUT2D eigenvalue weighted by Crippen LogP contribution is -2.12. The predicted molar refractivity (Wildman–Crippen MR) is 78.7 cm³/mol. The second-order valence-corrected chi connectivity index (χ2v) is 4.48. The van der Waals surface area contributed by atoms with Gasteiger partial charge in [-0.3, -0.25) is 4.79 Å². The van der Waals surface area contributed by atoms with Crippen LogP contribution >= 0.6 is 11.6 Å². The average molecular weight is 292 g/mol. The molecule has 0 bridgehead atoms. The third-order valence-electron chi connectivity index (χ3n) is 2.62. The number of rotatable bonds is 4. The maximum atomic E-state index is 12.1. The molecule has 0 aromatic heterocycles. The summed E-state index contributed by atoms with van der Waals surface area (Å²) in [6, 6.07) is 11.2. The third kappa shape index (κ3) is 3.42. The van der Waals surface area contributed by atoms with Gasteiger partial charge in [0.1, 0.15) is 11.5 Å². The van der Waals surface area contributed by atoms with Crippen molar-refractivity contribution in [1.82, 2.24) is 0 Å². The molecule has 0 atom stereocenters. The van der Waals surface area contributed by atoms with Crippen molar-refractivity contribution < 1.29 is 14.6 Å². The Labute approximate surface area is 122 Å². The largest absolute Gasteiger partial charge is 0.508 e. The van der Waals surface area contributed by atoms with Crippen molar-refractivity contribution in [2.75, 3.05) is 11.9 Å². The van der Waals surface area contributed by atoms with Crippen molar-refractivity contribution in [1.29, 1.82) is 0 Å². The molecule has 2 aromatic rings. The zero-order valence-electron chi connectivity index (χ0n) is 10.9.